The highest BCUT2D eigenvalue weighted by Gasteiger charge is 2.44. The molecule has 8 atom stereocenters. The van der Waals surface area contributed by atoms with E-state index in [-0.39, 0.29) is 6.61 Å². The summed E-state index contributed by atoms with van der Waals surface area (Å²) in [7, 11) is 0. The first-order chi connectivity index (χ1) is 26.1. The van der Waals surface area contributed by atoms with Crippen molar-refractivity contribution in [1.29, 1.82) is 0 Å². The molecule has 320 valence electrons. The summed E-state index contributed by atoms with van der Waals surface area (Å²) >= 11 is 0. The van der Waals surface area contributed by atoms with Gasteiger partial charge < -0.3 is 40.1 Å². The Labute approximate surface area is 330 Å². The average molecular weight is 771 g/mol. The predicted octanol–water partition coefficient (Wildman–Crippen LogP) is 8.86. The van der Waals surface area contributed by atoms with Crippen molar-refractivity contribution in [2.45, 2.75) is 243 Å². The molecule has 0 saturated carbocycles. The molecular weight excluding hydrogens is 684 g/mol. The summed E-state index contributed by atoms with van der Waals surface area (Å²) in [5.41, 5.74) is 0. The van der Waals surface area contributed by atoms with Gasteiger partial charge in [-0.15, -0.1) is 0 Å². The molecule has 9 heteroatoms. The van der Waals surface area contributed by atoms with E-state index < -0.39 is 61.2 Å². The standard InChI is InChI=1S/C45H86O9/c1-4-5-6-7-8-9-10-11-12-13-14-15-16-17-18-19-24-27-30-33-39(48)41(49)37(35-53-45-44(52)43(51)42(50)40(34-46)54-45)38(47)32-29-26-23-21-20-22-25-28-31-36(2)3/h29,32,36-40,42-48,50-52H,4-28,30-31,33-35H2,1-3H3/b32-29+/t37-,38+,39+,40+,42-,43-,44+,45+/m0/s1. The summed E-state index contributed by atoms with van der Waals surface area (Å²) in [4.78, 5) is 13.4. The van der Waals surface area contributed by atoms with E-state index in [1.165, 1.54) is 128 Å². The molecule has 9 nitrogen and oxygen atoms in total. The van der Waals surface area contributed by atoms with E-state index in [9.17, 15) is 35.4 Å². The van der Waals surface area contributed by atoms with Gasteiger partial charge in [-0.3, -0.25) is 4.79 Å². The summed E-state index contributed by atoms with van der Waals surface area (Å²) in [5.74, 6) is -0.912. The largest absolute Gasteiger partial charge is 0.394 e. The molecular formula is C45H86O9. The van der Waals surface area contributed by atoms with Crippen LogP contribution in [0.15, 0.2) is 12.2 Å². The second-order valence-electron chi connectivity index (χ2n) is 16.7. The van der Waals surface area contributed by atoms with Crippen LogP contribution in [-0.4, -0.2) is 92.5 Å². The van der Waals surface area contributed by atoms with Crippen LogP contribution in [0.1, 0.15) is 201 Å². The van der Waals surface area contributed by atoms with Gasteiger partial charge in [0.05, 0.1) is 25.2 Å². The summed E-state index contributed by atoms with van der Waals surface area (Å²) in [6.45, 7) is 5.80. The number of ether oxygens (including phenoxy) is 2. The van der Waals surface area contributed by atoms with Crippen molar-refractivity contribution in [3.05, 3.63) is 12.2 Å². The van der Waals surface area contributed by atoms with E-state index in [2.05, 4.69) is 20.8 Å². The van der Waals surface area contributed by atoms with Gasteiger partial charge in [0, 0.05) is 0 Å². The number of ketones is 1. The SMILES string of the molecule is CCCCCCCCCCCCCCCCCCCCC[C@@H](O)C(=O)[C@@H](CO[C@@H]1O[C@H](CO)[C@H](O)[C@H](O)[C@H]1O)[C@H](O)/C=C/CCCCCCCCC(C)C. The highest BCUT2D eigenvalue weighted by Crippen LogP contribution is 2.24. The van der Waals surface area contributed by atoms with Crippen molar-refractivity contribution in [1.82, 2.24) is 0 Å². The molecule has 54 heavy (non-hydrogen) atoms. The predicted molar refractivity (Wildman–Crippen MR) is 219 cm³/mol. The molecule has 1 rings (SSSR count). The van der Waals surface area contributed by atoms with Crippen LogP contribution in [0.25, 0.3) is 0 Å². The smallest absolute Gasteiger partial charge is 0.186 e. The fourth-order valence-electron chi connectivity index (χ4n) is 7.45. The molecule has 0 aromatic heterocycles. The van der Waals surface area contributed by atoms with Gasteiger partial charge >= 0.3 is 0 Å². The van der Waals surface area contributed by atoms with Gasteiger partial charge in [0.1, 0.15) is 30.5 Å². The highest BCUT2D eigenvalue weighted by molar-refractivity contribution is 5.86. The summed E-state index contributed by atoms with van der Waals surface area (Å²) < 4.78 is 11.1. The first-order valence-corrected chi connectivity index (χ1v) is 22.6. The van der Waals surface area contributed by atoms with E-state index in [4.69, 9.17) is 9.47 Å². The van der Waals surface area contributed by atoms with Gasteiger partial charge in [0.15, 0.2) is 12.1 Å². The maximum absolute atomic E-state index is 13.4. The van der Waals surface area contributed by atoms with Crippen molar-refractivity contribution in [2.75, 3.05) is 13.2 Å². The van der Waals surface area contributed by atoms with Crippen LogP contribution >= 0.6 is 0 Å². The lowest BCUT2D eigenvalue weighted by atomic mass is 9.91. The molecule has 0 amide bonds. The van der Waals surface area contributed by atoms with Crippen LogP contribution in [0.5, 0.6) is 0 Å². The third kappa shape index (κ3) is 24.7. The monoisotopic (exact) mass is 771 g/mol. The van der Waals surface area contributed by atoms with E-state index in [1.807, 2.05) is 6.08 Å². The van der Waals surface area contributed by atoms with Crippen LogP contribution in [0.2, 0.25) is 0 Å². The highest BCUT2D eigenvalue weighted by atomic mass is 16.7. The maximum atomic E-state index is 13.4. The molecule has 6 N–H and O–H groups in total. The van der Waals surface area contributed by atoms with E-state index >= 15 is 0 Å². The van der Waals surface area contributed by atoms with E-state index in [1.54, 1.807) is 6.08 Å². The number of rotatable bonds is 37. The zero-order valence-electron chi connectivity index (χ0n) is 35.0. The Morgan fingerprint density at radius 3 is 1.54 bits per heavy atom. The minimum atomic E-state index is -1.62. The number of hydrogen-bond donors (Lipinski definition) is 6. The molecule has 1 saturated heterocycles. The van der Waals surface area contributed by atoms with Crippen molar-refractivity contribution in [3.63, 3.8) is 0 Å². The summed E-state index contributed by atoms with van der Waals surface area (Å²) in [6, 6.07) is 0. The second-order valence-corrected chi connectivity index (χ2v) is 16.7. The lowest BCUT2D eigenvalue weighted by Gasteiger charge is -2.40. The zero-order chi connectivity index (χ0) is 39.8. The van der Waals surface area contributed by atoms with E-state index in [0.717, 1.165) is 44.4 Å². The van der Waals surface area contributed by atoms with Crippen LogP contribution < -0.4 is 0 Å². The maximum Gasteiger partial charge on any atom is 0.186 e. The van der Waals surface area contributed by atoms with Crippen LogP contribution in [0, 0.1) is 11.8 Å². The Hall–Kier alpha value is -0.910. The third-order valence-corrected chi connectivity index (χ3v) is 11.2. The summed E-state index contributed by atoms with van der Waals surface area (Å²) in [6.07, 6.45) is 27.1. The van der Waals surface area contributed by atoms with Crippen molar-refractivity contribution >= 4 is 5.78 Å². The zero-order valence-corrected chi connectivity index (χ0v) is 35.0. The van der Waals surface area contributed by atoms with Crippen molar-refractivity contribution < 1.29 is 44.9 Å². The first kappa shape index (κ1) is 51.1. The lowest BCUT2D eigenvalue weighted by molar-refractivity contribution is -0.303. The molecule has 1 heterocycles. The van der Waals surface area contributed by atoms with Crippen LogP contribution in [-0.2, 0) is 14.3 Å². The first-order valence-electron chi connectivity index (χ1n) is 22.6. The number of unbranched alkanes of at least 4 members (excludes halogenated alkanes) is 24. The molecule has 0 aliphatic carbocycles. The Morgan fingerprint density at radius 1 is 0.630 bits per heavy atom. The van der Waals surface area contributed by atoms with Gasteiger partial charge in [-0.2, -0.15) is 0 Å². The number of Topliss-reactive ketones (excluding diaryl/α,β-unsaturated/α-hetero) is 1. The number of carbonyl (C=O) groups is 1. The molecule has 1 aliphatic rings. The Kier molecular flexibility index (Phi) is 32.3. The Balaban J connectivity index is 2.39. The van der Waals surface area contributed by atoms with Gasteiger partial charge in [0.25, 0.3) is 0 Å². The van der Waals surface area contributed by atoms with E-state index in [0.29, 0.717) is 12.8 Å². The summed E-state index contributed by atoms with van der Waals surface area (Å²) in [5, 5.41) is 62.1. The van der Waals surface area contributed by atoms with Crippen LogP contribution in [0.4, 0.5) is 0 Å². The van der Waals surface area contributed by atoms with Crippen molar-refractivity contribution in [2.24, 2.45) is 11.8 Å². The molecule has 0 radical (unpaired) electrons. The van der Waals surface area contributed by atoms with Gasteiger partial charge in [-0.05, 0) is 25.2 Å². The minimum absolute atomic E-state index is 0.293. The van der Waals surface area contributed by atoms with Crippen LogP contribution in [0.3, 0.4) is 0 Å². The number of allylic oxidation sites excluding steroid dienone is 1. The normalized spacial score (nSPS) is 22.3. The molecule has 0 aromatic rings. The quantitative estimate of drug-likeness (QED) is 0.0268. The topological polar surface area (TPSA) is 157 Å². The number of hydrogen-bond acceptors (Lipinski definition) is 9. The molecule has 0 unspecified atom stereocenters. The molecule has 1 aliphatic heterocycles. The Bertz CT molecular complexity index is 881. The molecule has 0 aromatic carbocycles. The van der Waals surface area contributed by atoms with Gasteiger partial charge in [-0.25, -0.2) is 0 Å². The fourth-order valence-corrected chi connectivity index (χ4v) is 7.45. The van der Waals surface area contributed by atoms with Crippen molar-refractivity contribution in [3.8, 4) is 0 Å². The fraction of sp³-hybridized carbons (Fsp3) is 0.933. The van der Waals surface area contributed by atoms with Gasteiger partial charge in [0.2, 0.25) is 0 Å². The Morgan fingerprint density at radius 2 is 1.07 bits per heavy atom. The molecule has 0 spiro atoms. The molecule has 1 fully saturated rings. The third-order valence-electron chi connectivity index (χ3n) is 11.2. The second kappa shape index (κ2) is 34.2. The lowest BCUT2D eigenvalue weighted by Crippen LogP contribution is -2.59. The average Bonchev–Trinajstić information content (AvgIpc) is 3.16. The number of aliphatic hydroxyl groups is 6. The minimum Gasteiger partial charge on any atom is -0.394 e. The number of aliphatic hydroxyl groups excluding tert-OH is 6. The van der Waals surface area contributed by atoms with Gasteiger partial charge in [-0.1, -0.05) is 193 Å². The molecule has 0 bridgehead atoms. The number of carbonyl (C=O) groups excluding carboxylic acids is 1.